The Bertz CT molecular complexity index is 2070. The summed E-state index contributed by atoms with van der Waals surface area (Å²) in [6.07, 6.45) is 3.21. The highest BCUT2D eigenvalue weighted by atomic mass is 32.2. The van der Waals surface area contributed by atoms with Crippen LogP contribution < -0.4 is 10.3 Å². The molecule has 2 atom stereocenters. The van der Waals surface area contributed by atoms with Crippen molar-refractivity contribution >= 4 is 26.8 Å². The van der Waals surface area contributed by atoms with E-state index < -0.39 is 10.0 Å². The molecule has 1 amide bonds. The topological polar surface area (TPSA) is 93.8 Å². The minimum Gasteiger partial charge on any atom is -0.492 e. The van der Waals surface area contributed by atoms with E-state index in [1.807, 2.05) is 60.4 Å². The van der Waals surface area contributed by atoms with E-state index in [1.165, 1.54) is 10.8 Å². The molecule has 9 nitrogen and oxygen atoms in total. The first-order valence-corrected chi connectivity index (χ1v) is 17.3. The largest absolute Gasteiger partial charge is 0.492 e. The second-order valence-electron chi connectivity index (χ2n) is 12.5. The lowest BCUT2D eigenvalue weighted by molar-refractivity contribution is -0.133. The highest BCUT2D eigenvalue weighted by Gasteiger charge is 2.30. The van der Waals surface area contributed by atoms with Gasteiger partial charge in [0.05, 0.1) is 4.90 Å². The predicted octanol–water partition coefficient (Wildman–Crippen LogP) is 5.54. The Hall–Kier alpha value is -4.67. The van der Waals surface area contributed by atoms with Crippen LogP contribution >= 0.6 is 0 Å². The van der Waals surface area contributed by atoms with Gasteiger partial charge in [0.2, 0.25) is 5.91 Å². The fourth-order valence-electron chi connectivity index (χ4n) is 6.49. The number of pyridine rings is 1. The Labute approximate surface area is 275 Å². The van der Waals surface area contributed by atoms with Crippen LogP contribution in [-0.2, 0) is 21.9 Å². The van der Waals surface area contributed by atoms with E-state index in [0.717, 1.165) is 57.2 Å². The fraction of sp³-hybridized carbons (Fsp3) is 0.297. The molecule has 0 aliphatic carbocycles. The van der Waals surface area contributed by atoms with Crippen LogP contribution in [0.3, 0.4) is 0 Å². The standard InChI is InChI=1S/C37H40N4O5S/c1-25-6-16-33(17-7-25)47(44,45)41-19-18-34-35(24-38(5)37(43)36(34)41)31-10-8-29(9-11-31)30-12-14-32(15-13-30)46-21-20-40-26(2)22-39(28(4)42)23-27(40)3/h6-19,24,26-27H,20-23H2,1-5H3/t26-,27+. The maximum Gasteiger partial charge on any atom is 0.275 e. The third-order valence-corrected chi connectivity index (χ3v) is 10.8. The summed E-state index contributed by atoms with van der Waals surface area (Å²) in [4.78, 5) is 29.5. The Morgan fingerprint density at radius 1 is 0.851 bits per heavy atom. The summed E-state index contributed by atoms with van der Waals surface area (Å²) in [5.74, 6) is 0.922. The number of aryl methyl sites for hydroxylation is 2. The highest BCUT2D eigenvalue weighted by molar-refractivity contribution is 7.90. The lowest BCUT2D eigenvalue weighted by atomic mass is 9.99. The van der Waals surface area contributed by atoms with E-state index in [1.54, 1.807) is 50.5 Å². The molecule has 6 rings (SSSR count). The summed E-state index contributed by atoms with van der Waals surface area (Å²) in [5, 5.41) is 0.572. The van der Waals surface area contributed by atoms with Crippen molar-refractivity contribution in [2.75, 3.05) is 26.2 Å². The average Bonchev–Trinajstić information content (AvgIpc) is 3.51. The van der Waals surface area contributed by atoms with Crippen LogP contribution in [0, 0.1) is 6.92 Å². The molecule has 0 saturated carbocycles. The number of nitrogens with zero attached hydrogens (tertiary/aromatic N) is 4. The first kappa shape index (κ1) is 32.3. The summed E-state index contributed by atoms with van der Waals surface area (Å²) in [6, 6.07) is 24.9. The summed E-state index contributed by atoms with van der Waals surface area (Å²) in [6.45, 7) is 10.7. The first-order valence-electron chi connectivity index (χ1n) is 15.8. The van der Waals surface area contributed by atoms with Gasteiger partial charge in [0, 0.05) is 69.0 Å². The molecular weight excluding hydrogens is 612 g/mol. The third kappa shape index (κ3) is 6.35. The molecule has 3 heterocycles. The minimum atomic E-state index is -3.97. The normalized spacial score (nSPS) is 17.3. The van der Waals surface area contributed by atoms with Gasteiger partial charge in [0.15, 0.2) is 0 Å². The van der Waals surface area contributed by atoms with Crippen LogP contribution in [0.1, 0.15) is 26.3 Å². The van der Waals surface area contributed by atoms with Crippen molar-refractivity contribution in [2.24, 2.45) is 7.05 Å². The van der Waals surface area contributed by atoms with Crippen molar-refractivity contribution < 1.29 is 17.9 Å². The quantitative estimate of drug-likeness (QED) is 0.219. The monoisotopic (exact) mass is 652 g/mol. The van der Waals surface area contributed by atoms with Gasteiger partial charge in [-0.1, -0.05) is 54.1 Å². The molecule has 0 unspecified atom stereocenters. The zero-order valence-corrected chi connectivity index (χ0v) is 28.2. The SMILES string of the molecule is CC(=O)N1C[C@@H](C)N(CCOc2ccc(-c3ccc(-c4cn(C)c(=O)c5c4ccn5S(=O)(=O)c4ccc(C)cc4)cc3)cc2)[C@@H](C)C1. The Morgan fingerprint density at radius 2 is 1.43 bits per heavy atom. The van der Waals surface area contributed by atoms with Crippen molar-refractivity contribution in [1.29, 1.82) is 0 Å². The van der Waals surface area contributed by atoms with Crippen molar-refractivity contribution in [3.63, 3.8) is 0 Å². The van der Waals surface area contributed by atoms with Crippen molar-refractivity contribution in [3.05, 3.63) is 107 Å². The number of carbonyl (C=O) groups is 1. The number of fused-ring (bicyclic) bond motifs is 1. The second-order valence-corrected chi connectivity index (χ2v) is 14.3. The van der Waals surface area contributed by atoms with Crippen LogP contribution in [0.15, 0.2) is 101 Å². The number of amides is 1. The number of benzene rings is 3. The van der Waals surface area contributed by atoms with Crippen molar-refractivity contribution in [1.82, 2.24) is 18.3 Å². The molecule has 1 fully saturated rings. The number of piperazine rings is 1. The molecular formula is C37H40N4O5S. The Kier molecular flexibility index (Phi) is 8.82. The van der Waals surface area contributed by atoms with Gasteiger partial charge in [-0.15, -0.1) is 0 Å². The molecule has 0 N–H and O–H groups in total. The predicted molar refractivity (Wildman–Crippen MR) is 185 cm³/mol. The molecule has 10 heteroatoms. The van der Waals surface area contributed by atoms with Crippen LogP contribution in [0.5, 0.6) is 5.75 Å². The smallest absolute Gasteiger partial charge is 0.275 e. The summed E-state index contributed by atoms with van der Waals surface area (Å²) in [7, 11) is -2.33. The van der Waals surface area contributed by atoms with Gasteiger partial charge in [-0.2, -0.15) is 0 Å². The van der Waals surface area contributed by atoms with Gasteiger partial charge < -0.3 is 14.2 Å². The lowest BCUT2D eigenvalue weighted by Crippen LogP contribution is -2.58. The van der Waals surface area contributed by atoms with E-state index in [9.17, 15) is 18.0 Å². The van der Waals surface area contributed by atoms with Gasteiger partial charge in [0.1, 0.15) is 17.9 Å². The van der Waals surface area contributed by atoms with Gasteiger partial charge in [-0.3, -0.25) is 14.5 Å². The summed E-state index contributed by atoms with van der Waals surface area (Å²) < 4.78 is 35.7. The van der Waals surface area contributed by atoms with Crippen LogP contribution in [-0.4, -0.2) is 71.0 Å². The zero-order chi connectivity index (χ0) is 33.5. The second kappa shape index (κ2) is 12.8. The fourth-order valence-corrected chi connectivity index (χ4v) is 7.84. The van der Waals surface area contributed by atoms with Crippen molar-refractivity contribution in [2.45, 2.75) is 44.7 Å². The van der Waals surface area contributed by atoms with Gasteiger partial charge in [0.25, 0.3) is 15.6 Å². The molecule has 0 bridgehead atoms. The maximum atomic E-state index is 13.5. The third-order valence-electron chi connectivity index (χ3n) is 9.11. The van der Waals surface area contributed by atoms with Crippen LogP contribution in [0.25, 0.3) is 33.2 Å². The van der Waals surface area contributed by atoms with Crippen LogP contribution in [0.2, 0.25) is 0 Å². The first-order chi connectivity index (χ1) is 22.4. The molecule has 1 aliphatic rings. The van der Waals surface area contributed by atoms with E-state index >= 15 is 0 Å². The number of rotatable bonds is 8. The lowest BCUT2D eigenvalue weighted by Gasteiger charge is -2.44. The van der Waals surface area contributed by atoms with Gasteiger partial charge in [-0.05, 0) is 67.8 Å². The molecule has 0 radical (unpaired) electrons. The molecule has 1 aliphatic heterocycles. The number of aromatic nitrogens is 2. The van der Waals surface area contributed by atoms with E-state index in [2.05, 4.69) is 18.7 Å². The highest BCUT2D eigenvalue weighted by Crippen LogP contribution is 2.32. The van der Waals surface area contributed by atoms with E-state index in [-0.39, 0.29) is 34.0 Å². The van der Waals surface area contributed by atoms with Crippen LogP contribution in [0.4, 0.5) is 0 Å². The summed E-state index contributed by atoms with van der Waals surface area (Å²) >= 11 is 0. The molecule has 3 aromatic carbocycles. The van der Waals surface area contributed by atoms with Crippen molar-refractivity contribution in [3.8, 4) is 28.0 Å². The molecule has 1 saturated heterocycles. The van der Waals surface area contributed by atoms with E-state index in [4.69, 9.17) is 4.74 Å². The molecule has 2 aromatic heterocycles. The average molecular weight is 653 g/mol. The van der Waals surface area contributed by atoms with Gasteiger partial charge >= 0.3 is 0 Å². The number of hydrogen-bond donors (Lipinski definition) is 0. The van der Waals surface area contributed by atoms with E-state index in [0.29, 0.717) is 12.0 Å². The summed E-state index contributed by atoms with van der Waals surface area (Å²) in [5.41, 5.74) is 4.37. The molecule has 47 heavy (non-hydrogen) atoms. The number of ether oxygens (including phenoxy) is 1. The van der Waals surface area contributed by atoms with Gasteiger partial charge in [-0.25, -0.2) is 12.4 Å². The molecule has 244 valence electrons. The Morgan fingerprint density at radius 3 is 2.02 bits per heavy atom. The zero-order valence-electron chi connectivity index (χ0n) is 27.4. The number of hydrogen-bond acceptors (Lipinski definition) is 6. The molecule has 0 spiro atoms. The Balaban J connectivity index is 1.17. The maximum absolute atomic E-state index is 13.5. The minimum absolute atomic E-state index is 0.118. The number of carbonyl (C=O) groups excluding carboxylic acids is 1. The molecule has 5 aromatic rings.